The van der Waals surface area contributed by atoms with Gasteiger partial charge < -0.3 is 0 Å². The summed E-state index contributed by atoms with van der Waals surface area (Å²) in [5.74, 6) is -8.55. The SMILES string of the molecule is FC1(F)C=C(CCl)C1(F)F. The first-order valence-electron chi connectivity index (χ1n) is 2.45. The molecule has 0 saturated carbocycles. The molecule has 0 aromatic carbocycles. The van der Waals surface area contributed by atoms with E-state index in [1.54, 1.807) is 0 Å². The van der Waals surface area contributed by atoms with Gasteiger partial charge in [-0.25, -0.2) is 0 Å². The first kappa shape index (κ1) is 7.85. The van der Waals surface area contributed by atoms with Gasteiger partial charge in [-0.2, -0.15) is 17.6 Å². The van der Waals surface area contributed by atoms with E-state index in [0.29, 0.717) is 0 Å². The lowest BCUT2D eigenvalue weighted by molar-refractivity contribution is -0.179. The molecule has 0 radical (unpaired) electrons. The van der Waals surface area contributed by atoms with Crippen LogP contribution >= 0.6 is 11.6 Å². The largest absolute Gasteiger partial charge is 0.336 e. The molecular formula is C5H3ClF4. The highest BCUT2D eigenvalue weighted by Gasteiger charge is 2.64. The van der Waals surface area contributed by atoms with Gasteiger partial charge in [0.05, 0.1) is 0 Å². The maximum Gasteiger partial charge on any atom is 0.336 e. The lowest BCUT2D eigenvalue weighted by Gasteiger charge is -2.34. The molecule has 0 nitrogen and oxygen atoms in total. The lowest BCUT2D eigenvalue weighted by atomic mass is 9.91. The first-order chi connectivity index (χ1) is 4.42. The monoisotopic (exact) mass is 174 g/mol. The van der Waals surface area contributed by atoms with Crippen molar-refractivity contribution in [1.82, 2.24) is 0 Å². The first-order valence-corrected chi connectivity index (χ1v) is 2.99. The number of halogens is 5. The van der Waals surface area contributed by atoms with Gasteiger partial charge in [-0.3, -0.25) is 0 Å². The van der Waals surface area contributed by atoms with Gasteiger partial charge in [-0.05, 0) is 6.08 Å². The Labute approximate surface area is 59.5 Å². The van der Waals surface area contributed by atoms with Crippen LogP contribution in [0, 0.1) is 0 Å². The van der Waals surface area contributed by atoms with Crippen molar-refractivity contribution < 1.29 is 17.6 Å². The minimum absolute atomic E-state index is 0.194. The highest BCUT2D eigenvalue weighted by atomic mass is 35.5. The van der Waals surface area contributed by atoms with Crippen LogP contribution in [0.3, 0.4) is 0 Å². The standard InChI is InChI=1S/C5H3ClF4/c6-2-3-1-4(7,8)5(3,9)10/h1H,2H2. The summed E-state index contributed by atoms with van der Waals surface area (Å²) in [6.45, 7) is 0. The van der Waals surface area contributed by atoms with Crippen molar-refractivity contribution >= 4 is 11.6 Å². The Hall–Kier alpha value is -0.250. The minimum atomic E-state index is -4.02. The second-order valence-electron chi connectivity index (χ2n) is 2.00. The summed E-state index contributed by atoms with van der Waals surface area (Å²) in [5, 5.41) is 0. The summed E-state index contributed by atoms with van der Waals surface area (Å²) in [6, 6.07) is 0. The highest BCUT2D eigenvalue weighted by Crippen LogP contribution is 2.50. The molecule has 10 heavy (non-hydrogen) atoms. The smallest absolute Gasteiger partial charge is 0.195 e. The summed E-state index contributed by atoms with van der Waals surface area (Å²) in [5.41, 5.74) is -0.695. The minimum Gasteiger partial charge on any atom is -0.195 e. The molecule has 0 aromatic heterocycles. The van der Waals surface area contributed by atoms with Crippen LogP contribution in [-0.2, 0) is 0 Å². The molecule has 1 aliphatic rings. The molecular weight excluding hydrogens is 171 g/mol. The van der Waals surface area contributed by atoms with Gasteiger partial charge in [0, 0.05) is 11.5 Å². The quantitative estimate of drug-likeness (QED) is 0.325. The third-order valence-electron chi connectivity index (χ3n) is 1.32. The second-order valence-corrected chi connectivity index (χ2v) is 2.27. The average molecular weight is 175 g/mol. The normalized spacial score (nSPS) is 27.1. The molecule has 0 heterocycles. The Morgan fingerprint density at radius 2 is 1.80 bits per heavy atom. The Kier molecular flexibility index (Phi) is 1.47. The fourth-order valence-corrected chi connectivity index (χ4v) is 0.904. The maximum atomic E-state index is 12.1. The third kappa shape index (κ3) is 0.746. The molecule has 1 rings (SSSR count). The molecule has 0 N–H and O–H groups in total. The Morgan fingerprint density at radius 1 is 1.30 bits per heavy atom. The molecule has 1 aliphatic carbocycles. The predicted molar refractivity (Wildman–Crippen MR) is 28.7 cm³/mol. The molecule has 0 spiro atoms. The Bertz CT molecular complexity index is 184. The highest BCUT2D eigenvalue weighted by molar-refractivity contribution is 6.19. The topological polar surface area (TPSA) is 0 Å². The van der Waals surface area contributed by atoms with E-state index in [1.807, 2.05) is 0 Å². The van der Waals surface area contributed by atoms with Crippen molar-refractivity contribution in [3.05, 3.63) is 11.6 Å². The second kappa shape index (κ2) is 1.87. The number of alkyl halides is 5. The van der Waals surface area contributed by atoms with Crippen LogP contribution in [0.2, 0.25) is 0 Å². The van der Waals surface area contributed by atoms with E-state index >= 15 is 0 Å². The fourth-order valence-electron chi connectivity index (χ4n) is 0.659. The van der Waals surface area contributed by atoms with Gasteiger partial charge in [0.1, 0.15) is 0 Å². The van der Waals surface area contributed by atoms with Crippen molar-refractivity contribution in [3.63, 3.8) is 0 Å². The fraction of sp³-hybridized carbons (Fsp3) is 0.600. The number of rotatable bonds is 1. The summed E-state index contributed by atoms with van der Waals surface area (Å²) >= 11 is 4.93. The van der Waals surface area contributed by atoms with Crippen LogP contribution in [-0.4, -0.2) is 17.7 Å². The van der Waals surface area contributed by atoms with E-state index in [2.05, 4.69) is 0 Å². The molecule has 0 saturated heterocycles. The van der Waals surface area contributed by atoms with Crippen molar-refractivity contribution in [2.45, 2.75) is 11.8 Å². The van der Waals surface area contributed by atoms with Gasteiger partial charge in [0.25, 0.3) is 0 Å². The predicted octanol–water partition coefficient (Wildman–Crippen LogP) is 2.44. The van der Waals surface area contributed by atoms with Crippen molar-refractivity contribution in [2.24, 2.45) is 0 Å². The van der Waals surface area contributed by atoms with Crippen LogP contribution < -0.4 is 0 Å². The van der Waals surface area contributed by atoms with E-state index in [-0.39, 0.29) is 6.08 Å². The van der Waals surface area contributed by atoms with Gasteiger partial charge in [-0.15, -0.1) is 11.6 Å². The zero-order valence-corrected chi connectivity index (χ0v) is 5.43. The van der Waals surface area contributed by atoms with Crippen molar-refractivity contribution in [2.75, 3.05) is 5.88 Å². The molecule has 0 amide bonds. The van der Waals surface area contributed by atoms with Crippen LogP contribution in [0.1, 0.15) is 0 Å². The van der Waals surface area contributed by atoms with Gasteiger partial charge in [0.15, 0.2) is 0 Å². The van der Waals surface area contributed by atoms with Crippen LogP contribution in [0.4, 0.5) is 17.6 Å². The summed E-state index contributed by atoms with van der Waals surface area (Å²) in [7, 11) is 0. The van der Waals surface area contributed by atoms with Crippen LogP contribution in [0.15, 0.2) is 11.6 Å². The van der Waals surface area contributed by atoms with Crippen molar-refractivity contribution in [3.8, 4) is 0 Å². The van der Waals surface area contributed by atoms with Crippen LogP contribution in [0.25, 0.3) is 0 Å². The third-order valence-corrected chi connectivity index (χ3v) is 1.61. The molecule has 58 valence electrons. The molecule has 0 bridgehead atoms. The number of allylic oxidation sites excluding steroid dienone is 2. The maximum absolute atomic E-state index is 12.1. The van der Waals surface area contributed by atoms with Gasteiger partial charge in [-0.1, -0.05) is 0 Å². The number of hydrogen-bond donors (Lipinski definition) is 0. The molecule has 0 aromatic rings. The Morgan fingerprint density at radius 3 is 1.90 bits per heavy atom. The van der Waals surface area contributed by atoms with E-state index < -0.39 is 23.3 Å². The molecule has 0 atom stereocenters. The van der Waals surface area contributed by atoms with Gasteiger partial charge >= 0.3 is 11.8 Å². The van der Waals surface area contributed by atoms with E-state index in [4.69, 9.17) is 11.6 Å². The molecule has 0 aliphatic heterocycles. The van der Waals surface area contributed by atoms with Crippen molar-refractivity contribution in [1.29, 1.82) is 0 Å². The molecule has 0 fully saturated rings. The van der Waals surface area contributed by atoms with E-state index in [0.717, 1.165) is 0 Å². The van der Waals surface area contributed by atoms with Gasteiger partial charge in [0.2, 0.25) is 0 Å². The van der Waals surface area contributed by atoms with E-state index in [9.17, 15) is 17.6 Å². The van der Waals surface area contributed by atoms with E-state index in [1.165, 1.54) is 0 Å². The summed E-state index contributed by atoms with van der Waals surface area (Å²) in [4.78, 5) is 0. The Balaban J connectivity index is 2.87. The van der Waals surface area contributed by atoms with Crippen LogP contribution in [0.5, 0.6) is 0 Å². The molecule has 5 heteroatoms. The number of hydrogen-bond acceptors (Lipinski definition) is 0. The molecule has 0 unspecified atom stereocenters. The summed E-state index contributed by atoms with van der Waals surface area (Å²) < 4.78 is 47.9. The lowest BCUT2D eigenvalue weighted by Crippen LogP contribution is -2.49. The zero-order chi connectivity index (χ0) is 7.99. The summed E-state index contributed by atoms with van der Waals surface area (Å²) in [6.07, 6.45) is 0.194. The average Bonchev–Trinajstić information content (AvgIpc) is 1.83. The zero-order valence-electron chi connectivity index (χ0n) is 4.67.